The van der Waals surface area contributed by atoms with Gasteiger partial charge in [-0.25, -0.2) is 0 Å². The number of nitrogens with zero attached hydrogens (tertiary/aromatic N) is 1. The van der Waals surface area contributed by atoms with Crippen molar-refractivity contribution in [1.82, 2.24) is 15.2 Å². The van der Waals surface area contributed by atoms with E-state index in [-0.39, 0.29) is 5.91 Å². The molecule has 1 aromatic rings. The first-order valence-corrected chi connectivity index (χ1v) is 7.39. The van der Waals surface area contributed by atoms with E-state index >= 15 is 0 Å². The summed E-state index contributed by atoms with van der Waals surface area (Å²) >= 11 is 0. The predicted octanol–water partition coefficient (Wildman–Crippen LogP) is 1.15. The van der Waals surface area contributed by atoms with E-state index in [9.17, 15) is 9.90 Å². The van der Waals surface area contributed by atoms with Crippen LogP contribution in [0, 0.1) is 12.8 Å². The minimum Gasteiger partial charge on any atom is -0.390 e. The van der Waals surface area contributed by atoms with Crippen LogP contribution in [0.1, 0.15) is 35.8 Å². The molecule has 1 aliphatic heterocycles. The molecule has 1 aromatic heterocycles. The van der Waals surface area contributed by atoms with E-state index in [1.165, 1.54) is 12.8 Å². The van der Waals surface area contributed by atoms with Crippen LogP contribution in [0.2, 0.25) is 0 Å². The van der Waals surface area contributed by atoms with Gasteiger partial charge in [-0.1, -0.05) is 6.92 Å². The van der Waals surface area contributed by atoms with Gasteiger partial charge in [0.05, 0.1) is 11.7 Å². The maximum absolute atomic E-state index is 11.9. The molecular weight excluding hydrogens is 254 g/mol. The Morgan fingerprint density at radius 2 is 2.25 bits per heavy atom. The molecule has 1 atom stereocenters. The average Bonchev–Trinajstić information content (AvgIpc) is 2.85. The molecule has 1 unspecified atom stereocenters. The molecule has 5 heteroatoms. The smallest absolute Gasteiger partial charge is 0.253 e. The number of rotatable bonds is 5. The number of carbonyl (C=O) groups excluding carboxylic acids is 1. The Labute approximate surface area is 120 Å². The summed E-state index contributed by atoms with van der Waals surface area (Å²) in [7, 11) is 0. The first-order chi connectivity index (χ1) is 9.56. The number of hydrogen-bond donors (Lipinski definition) is 3. The molecule has 1 aliphatic rings. The molecule has 3 N–H and O–H groups in total. The number of carbonyl (C=O) groups is 1. The zero-order valence-electron chi connectivity index (χ0n) is 12.4. The fourth-order valence-electron chi connectivity index (χ4n) is 2.61. The zero-order valence-corrected chi connectivity index (χ0v) is 12.4. The van der Waals surface area contributed by atoms with Gasteiger partial charge >= 0.3 is 0 Å². The fraction of sp³-hybridized carbons (Fsp3) is 0.667. The van der Waals surface area contributed by atoms with Crippen molar-refractivity contribution in [2.45, 2.75) is 32.8 Å². The molecule has 0 aliphatic carbocycles. The second-order valence-electron chi connectivity index (χ2n) is 5.86. The van der Waals surface area contributed by atoms with Crippen molar-refractivity contribution in [2.75, 3.05) is 26.2 Å². The summed E-state index contributed by atoms with van der Waals surface area (Å²) in [4.78, 5) is 17.2. The zero-order chi connectivity index (χ0) is 14.5. The number of aryl methyl sites for hydroxylation is 1. The van der Waals surface area contributed by atoms with Crippen molar-refractivity contribution in [2.24, 2.45) is 5.92 Å². The Morgan fingerprint density at radius 1 is 1.55 bits per heavy atom. The molecule has 0 saturated carbocycles. The van der Waals surface area contributed by atoms with Crippen LogP contribution < -0.4 is 5.32 Å². The number of nitrogens with one attached hydrogen (secondary N) is 2. The number of β-amino-alcohol motifs (C(OH)–C–C–N with tert-alkyl or cyclic N) is 1. The van der Waals surface area contributed by atoms with E-state index in [0.717, 1.165) is 24.7 Å². The van der Waals surface area contributed by atoms with E-state index in [4.69, 9.17) is 0 Å². The van der Waals surface area contributed by atoms with Crippen molar-refractivity contribution < 1.29 is 9.90 Å². The second-order valence-corrected chi connectivity index (χ2v) is 5.86. The third-order valence-corrected chi connectivity index (χ3v) is 4.04. The van der Waals surface area contributed by atoms with E-state index < -0.39 is 6.10 Å². The van der Waals surface area contributed by atoms with Crippen molar-refractivity contribution in [3.63, 3.8) is 0 Å². The highest BCUT2D eigenvalue weighted by Crippen LogP contribution is 2.15. The van der Waals surface area contributed by atoms with Crippen molar-refractivity contribution >= 4 is 5.91 Å². The second kappa shape index (κ2) is 6.90. The summed E-state index contributed by atoms with van der Waals surface area (Å²) in [6, 6.07) is 1.75. The maximum atomic E-state index is 11.9. The van der Waals surface area contributed by atoms with Crippen LogP contribution in [0.25, 0.3) is 0 Å². The molecule has 0 radical (unpaired) electrons. The molecule has 1 amide bonds. The van der Waals surface area contributed by atoms with Gasteiger partial charge in [0.25, 0.3) is 5.91 Å². The van der Waals surface area contributed by atoms with Gasteiger partial charge in [-0.05, 0) is 44.8 Å². The first-order valence-electron chi connectivity index (χ1n) is 7.39. The summed E-state index contributed by atoms with van der Waals surface area (Å²) in [6.45, 7) is 7.16. The SMILES string of the molecule is Cc1[nH]ccc1C(=O)NCC(O)CN1CCC(C)CC1. The fourth-order valence-corrected chi connectivity index (χ4v) is 2.61. The van der Waals surface area contributed by atoms with Crippen LogP contribution in [0.3, 0.4) is 0 Å². The molecule has 1 fully saturated rings. The minimum atomic E-state index is -0.508. The molecule has 0 bridgehead atoms. The van der Waals surface area contributed by atoms with Gasteiger partial charge in [-0.15, -0.1) is 0 Å². The van der Waals surface area contributed by atoms with Gasteiger partial charge in [0.1, 0.15) is 0 Å². The molecule has 20 heavy (non-hydrogen) atoms. The van der Waals surface area contributed by atoms with E-state index in [0.29, 0.717) is 18.7 Å². The largest absolute Gasteiger partial charge is 0.390 e. The highest BCUT2D eigenvalue weighted by molar-refractivity contribution is 5.95. The third-order valence-electron chi connectivity index (χ3n) is 4.04. The molecule has 2 heterocycles. The summed E-state index contributed by atoms with van der Waals surface area (Å²) < 4.78 is 0. The quantitative estimate of drug-likeness (QED) is 0.757. The molecule has 2 rings (SSSR count). The summed E-state index contributed by atoms with van der Waals surface area (Å²) in [6.07, 6.45) is 3.63. The van der Waals surface area contributed by atoms with E-state index in [1.54, 1.807) is 12.3 Å². The van der Waals surface area contributed by atoms with Gasteiger partial charge in [0, 0.05) is 25.0 Å². The highest BCUT2D eigenvalue weighted by Gasteiger charge is 2.19. The minimum absolute atomic E-state index is 0.130. The van der Waals surface area contributed by atoms with Crippen molar-refractivity contribution in [3.05, 3.63) is 23.5 Å². The Balaban J connectivity index is 1.71. The van der Waals surface area contributed by atoms with E-state index in [1.807, 2.05) is 6.92 Å². The number of hydrogen-bond acceptors (Lipinski definition) is 3. The first kappa shape index (κ1) is 15.1. The van der Waals surface area contributed by atoms with Crippen molar-refractivity contribution in [3.8, 4) is 0 Å². The lowest BCUT2D eigenvalue weighted by molar-refractivity contribution is 0.0795. The number of piperidine rings is 1. The van der Waals surface area contributed by atoms with Gasteiger partial charge in [-0.3, -0.25) is 4.79 Å². The van der Waals surface area contributed by atoms with Crippen LogP contribution in [-0.2, 0) is 0 Å². The lowest BCUT2D eigenvalue weighted by Crippen LogP contribution is -2.43. The molecule has 112 valence electrons. The summed E-state index contributed by atoms with van der Waals surface area (Å²) in [5, 5.41) is 12.8. The Kier molecular flexibility index (Phi) is 5.20. The van der Waals surface area contributed by atoms with Crippen LogP contribution >= 0.6 is 0 Å². The number of likely N-dealkylation sites (tertiary alicyclic amines) is 1. The molecular formula is C15H25N3O2. The number of H-pyrrole nitrogens is 1. The molecule has 1 saturated heterocycles. The Morgan fingerprint density at radius 3 is 2.85 bits per heavy atom. The lowest BCUT2D eigenvalue weighted by Gasteiger charge is -2.31. The Hall–Kier alpha value is -1.33. The average molecular weight is 279 g/mol. The normalized spacial score (nSPS) is 18.9. The Bertz CT molecular complexity index is 436. The molecule has 5 nitrogen and oxygen atoms in total. The standard InChI is InChI=1S/C15H25N3O2/c1-11-4-7-18(8-5-11)10-13(19)9-17-15(20)14-3-6-16-12(14)2/h3,6,11,13,16,19H,4-5,7-10H2,1-2H3,(H,17,20). The van der Waals surface area contributed by atoms with Crippen LogP contribution in [0.15, 0.2) is 12.3 Å². The number of amides is 1. The van der Waals surface area contributed by atoms with Gasteiger partial charge in [-0.2, -0.15) is 0 Å². The van der Waals surface area contributed by atoms with Crippen molar-refractivity contribution in [1.29, 1.82) is 0 Å². The predicted molar refractivity (Wildman–Crippen MR) is 78.7 cm³/mol. The van der Waals surface area contributed by atoms with Gasteiger partial charge in [0.2, 0.25) is 0 Å². The van der Waals surface area contributed by atoms with Gasteiger partial charge < -0.3 is 20.3 Å². The summed E-state index contributed by atoms with van der Waals surface area (Å²) in [5.74, 6) is 0.662. The topological polar surface area (TPSA) is 68.4 Å². The maximum Gasteiger partial charge on any atom is 0.253 e. The number of aliphatic hydroxyl groups excluding tert-OH is 1. The van der Waals surface area contributed by atoms with E-state index in [2.05, 4.69) is 22.1 Å². The molecule has 0 spiro atoms. The lowest BCUT2D eigenvalue weighted by atomic mass is 9.99. The summed E-state index contributed by atoms with van der Waals surface area (Å²) in [5.41, 5.74) is 1.49. The van der Waals surface area contributed by atoms with Gasteiger partial charge in [0.15, 0.2) is 0 Å². The monoisotopic (exact) mass is 279 g/mol. The highest BCUT2D eigenvalue weighted by atomic mass is 16.3. The number of aliphatic hydroxyl groups is 1. The number of aromatic amines is 1. The molecule has 0 aromatic carbocycles. The van der Waals surface area contributed by atoms with Crippen LogP contribution in [0.5, 0.6) is 0 Å². The van der Waals surface area contributed by atoms with Crippen LogP contribution in [0.4, 0.5) is 0 Å². The third kappa shape index (κ3) is 4.08. The number of aromatic nitrogens is 1. The van der Waals surface area contributed by atoms with Crippen LogP contribution in [-0.4, -0.2) is 53.2 Å².